The van der Waals surface area contributed by atoms with Crippen LogP contribution < -0.4 is 22.5 Å². The van der Waals surface area contributed by atoms with E-state index in [1.165, 1.54) is 0 Å². The summed E-state index contributed by atoms with van der Waals surface area (Å²) < 4.78 is 2.01. The average Bonchev–Trinajstić information content (AvgIpc) is 2.94. The maximum Gasteiger partial charge on any atom is 0.272 e. The van der Waals surface area contributed by atoms with Gasteiger partial charge in [-0.25, -0.2) is 9.98 Å². The molecule has 1 amide bonds. The Bertz CT molecular complexity index is 878. The van der Waals surface area contributed by atoms with Crippen molar-refractivity contribution in [3.63, 3.8) is 0 Å². The second kappa shape index (κ2) is 7.71. The molecule has 0 aliphatic heterocycles. The number of rotatable bonds is 6. The summed E-state index contributed by atoms with van der Waals surface area (Å²) in [4.78, 5) is 20.7. The van der Waals surface area contributed by atoms with Crippen molar-refractivity contribution in [2.24, 2.45) is 22.2 Å². The number of halogens is 1. The van der Waals surface area contributed by atoms with E-state index in [2.05, 4.69) is 21.9 Å². The molecule has 1 heterocycles. The summed E-state index contributed by atoms with van der Waals surface area (Å²) in [6.45, 7) is 6.42. The van der Waals surface area contributed by atoms with Crippen molar-refractivity contribution in [1.29, 1.82) is 0 Å². The van der Waals surface area contributed by atoms with Gasteiger partial charge in [0, 0.05) is 6.54 Å². The average molecular weight is 362 g/mol. The van der Waals surface area contributed by atoms with Gasteiger partial charge in [-0.05, 0) is 19.1 Å². The molecule has 0 saturated heterocycles. The fourth-order valence-corrected chi connectivity index (χ4v) is 2.37. The van der Waals surface area contributed by atoms with Crippen LogP contribution in [0.15, 0.2) is 52.5 Å². The number of nitrogens with zero attached hydrogens (tertiary/aromatic N) is 3. The van der Waals surface area contributed by atoms with Gasteiger partial charge >= 0.3 is 0 Å². The Labute approximate surface area is 150 Å². The molecule has 7 N–H and O–H groups in total. The summed E-state index contributed by atoms with van der Waals surface area (Å²) in [6, 6.07) is 7.73. The summed E-state index contributed by atoms with van der Waals surface area (Å²) in [5.74, 6) is -0.0680. The maximum absolute atomic E-state index is 12.3. The SMILES string of the molecule is C=C(N)/C(=N\C(Cl)=C(N)N)C(=O)NCc1nc2ccccc2n1CC. The molecule has 132 valence electrons. The van der Waals surface area contributed by atoms with E-state index in [1.807, 2.05) is 35.8 Å². The lowest BCUT2D eigenvalue weighted by molar-refractivity contribution is -0.114. The fourth-order valence-electron chi connectivity index (χ4n) is 2.29. The molecule has 1 aromatic carbocycles. The number of hydrogen-bond donors (Lipinski definition) is 4. The number of imidazole rings is 1. The largest absolute Gasteiger partial charge is 0.397 e. The third-order valence-electron chi connectivity index (χ3n) is 3.42. The van der Waals surface area contributed by atoms with Gasteiger partial charge in [-0.2, -0.15) is 0 Å². The summed E-state index contributed by atoms with van der Waals surface area (Å²) >= 11 is 5.77. The zero-order chi connectivity index (χ0) is 18.6. The first-order valence-corrected chi connectivity index (χ1v) is 7.89. The van der Waals surface area contributed by atoms with Crippen LogP contribution in [0.4, 0.5) is 0 Å². The first kappa shape index (κ1) is 18.3. The van der Waals surface area contributed by atoms with Crippen LogP contribution in [0.5, 0.6) is 0 Å². The minimum atomic E-state index is -0.554. The zero-order valence-electron chi connectivity index (χ0n) is 13.8. The van der Waals surface area contributed by atoms with Crippen LogP contribution in [0.2, 0.25) is 0 Å². The number of benzene rings is 1. The molecule has 0 spiro atoms. The van der Waals surface area contributed by atoms with Crippen molar-refractivity contribution < 1.29 is 4.79 Å². The highest BCUT2D eigenvalue weighted by molar-refractivity contribution is 6.46. The van der Waals surface area contributed by atoms with Gasteiger partial charge in [0.15, 0.2) is 10.9 Å². The van der Waals surface area contributed by atoms with E-state index in [4.69, 9.17) is 28.8 Å². The lowest BCUT2D eigenvalue weighted by atomic mass is 10.3. The van der Waals surface area contributed by atoms with Crippen molar-refractivity contribution in [2.45, 2.75) is 20.0 Å². The standard InChI is InChI=1S/C16H20ClN7O/c1-3-24-11-7-5-4-6-10(11)22-12(24)8-21-16(25)13(9(2)18)23-14(17)15(19)20/h4-7H,2-3,8,18-20H2,1H3,(H,21,25)/b23-13+. The molecule has 0 radical (unpaired) electrons. The van der Waals surface area contributed by atoms with E-state index >= 15 is 0 Å². The Morgan fingerprint density at radius 1 is 1.36 bits per heavy atom. The number of carbonyl (C=O) groups excluding carboxylic acids is 1. The van der Waals surface area contributed by atoms with Crippen LogP contribution in [0.25, 0.3) is 11.0 Å². The number of aromatic nitrogens is 2. The van der Waals surface area contributed by atoms with E-state index in [0.29, 0.717) is 12.4 Å². The summed E-state index contributed by atoms with van der Waals surface area (Å²) in [7, 11) is 0. The molecule has 2 rings (SSSR count). The molecule has 0 unspecified atom stereocenters. The van der Waals surface area contributed by atoms with Gasteiger partial charge in [0.05, 0.1) is 23.3 Å². The highest BCUT2D eigenvalue weighted by Crippen LogP contribution is 2.15. The molecule has 2 aromatic rings. The smallest absolute Gasteiger partial charge is 0.272 e. The first-order chi connectivity index (χ1) is 11.8. The van der Waals surface area contributed by atoms with E-state index in [1.54, 1.807) is 0 Å². The minimum Gasteiger partial charge on any atom is -0.397 e. The van der Waals surface area contributed by atoms with Gasteiger partial charge in [-0.1, -0.05) is 30.3 Å². The molecule has 0 saturated carbocycles. The fraction of sp³-hybridized carbons (Fsp3) is 0.188. The second-order valence-electron chi connectivity index (χ2n) is 5.18. The van der Waals surface area contributed by atoms with E-state index < -0.39 is 5.91 Å². The van der Waals surface area contributed by atoms with Gasteiger partial charge in [0.25, 0.3) is 5.91 Å². The number of amides is 1. The highest BCUT2D eigenvalue weighted by Gasteiger charge is 2.16. The van der Waals surface area contributed by atoms with Crippen molar-refractivity contribution in [1.82, 2.24) is 14.9 Å². The molecule has 0 aliphatic carbocycles. The van der Waals surface area contributed by atoms with E-state index in [0.717, 1.165) is 11.0 Å². The summed E-state index contributed by atoms with van der Waals surface area (Å²) in [6.07, 6.45) is 0. The second-order valence-corrected chi connectivity index (χ2v) is 5.53. The van der Waals surface area contributed by atoms with Gasteiger partial charge < -0.3 is 27.1 Å². The molecule has 8 nitrogen and oxygen atoms in total. The molecule has 0 aliphatic rings. The monoisotopic (exact) mass is 361 g/mol. The molecule has 0 fully saturated rings. The van der Waals surface area contributed by atoms with Crippen LogP contribution in [0.1, 0.15) is 12.7 Å². The number of carbonyl (C=O) groups is 1. The van der Waals surface area contributed by atoms with Crippen LogP contribution in [-0.2, 0) is 17.9 Å². The molecular formula is C16H20ClN7O. The number of nitrogens with two attached hydrogens (primary N) is 3. The van der Waals surface area contributed by atoms with Gasteiger partial charge in [0.2, 0.25) is 0 Å². The summed E-state index contributed by atoms with van der Waals surface area (Å²) in [5, 5.41) is 2.48. The lowest BCUT2D eigenvalue weighted by Crippen LogP contribution is -2.34. The third-order valence-corrected chi connectivity index (χ3v) is 3.73. The van der Waals surface area contributed by atoms with E-state index in [9.17, 15) is 4.79 Å². The van der Waals surface area contributed by atoms with E-state index in [-0.39, 0.29) is 28.9 Å². The molecular weight excluding hydrogens is 342 g/mol. The van der Waals surface area contributed by atoms with Crippen LogP contribution in [-0.4, -0.2) is 21.2 Å². The van der Waals surface area contributed by atoms with Gasteiger partial charge in [-0.15, -0.1) is 0 Å². The molecule has 9 heteroatoms. The van der Waals surface area contributed by atoms with Crippen molar-refractivity contribution >= 4 is 34.3 Å². The number of para-hydroxylation sites is 2. The molecule has 0 atom stereocenters. The number of hydrogen-bond acceptors (Lipinski definition) is 6. The van der Waals surface area contributed by atoms with Crippen molar-refractivity contribution in [3.8, 4) is 0 Å². The third kappa shape index (κ3) is 4.10. The first-order valence-electron chi connectivity index (χ1n) is 7.51. The molecule has 25 heavy (non-hydrogen) atoms. The number of aryl methyl sites for hydroxylation is 1. The highest BCUT2D eigenvalue weighted by atomic mass is 35.5. The zero-order valence-corrected chi connectivity index (χ0v) is 14.5. The molecule has 0 bridgehead atoms. The number of nitrogens with one attached hydrogen (secondary N) is 1. The summed E-state index contributed by atoms with van der Waals surface area (Å²) in [5.41, 5.74) is 17.9. The van der Waals surface area contributed by atoms with Crippen molar-refractivity contribution in [2.75, 3.05) is 0 Å². The number of fused-ring (bicyclic) bond motifs is 1. The predicted molar refractivity (Wildman–Crippen MR) is 99.3 cm³/mol. The van der Waals surface area contributed by atoms with Crippen LogP contribution >= 0.6 is 11.6 Å². The maximum atomic E-state index is 12.3. The van der Waals surface area contributed by atoms with Crippen LogP contribution in [0, 0.1) is 0 Å². The van der Waals surface area contributed by atoms with Gasteiger partial charge in [-0.3, -0.25) is 4.79 Å². The van der Waals surface area contributed by atoms with Gasteiger partial charge in [0.1, 0.15) is 11.6 Å². The Morgan fingerprint density at radius 3 is 2.64 bits per heavy atom. The Kier molecular flexibility index (Phi) is 5.66. The molecule has 1 aromatic heterocycles. The topological polar surface area (TPSA) is 137 Å². The Hall–Kier alpha value is -3.00. The Morgan fingerprint density at radius 2 is 2.04 bits per heavy atom. The Balaban J connectivity index is 2.24. The normalized spacial score (nSPS) is 11.4. The van der Waals surface area contributed by atoms with Crippen LogP contribution in [0.3, 0.4) is 0 Å². The van der Waals surface area contributed by atoms with Crippen molar-refractivity contribution in [3.05, 3.63) is 53.3 Å². The minimum absolute atomic E-state index is 0.0547. The number of aliphatic imine (C=N–C) groups is 1. The quantitative estimate of drug-likeness (QED) is 0.446. The lowest BCUT2D eigenvalue weighted by Gasteiger charge is -2.09. The predicted octanol–water partition coefficient (Wildman–Crippen LogP) is 0.869.